The minimum absolute atomic E-state index is 0.199. The summed E-state index contributed by atoms with van der Waals surface area (Å²) >= 11 is 0. The van der Waals surface area contributed by atoms with Gasteiger partial charge in [0.15, 0.2) is 0 Å². The number of hydrogen-bond donors (Lipinski definition) is 1. The molecule has 0 saturated carbocycles. The quantitative estimate of drug-likeness (QED) is 0.666. The van der Waals surface area contributed by atoms with Crippen LogP contribution in [-0.4, -0.2) is 37.1 Å². The van der Waals surface area contributed by atoms with Gasteiger partial charge in [-0.2, -0.15) is 0 Å². The van der Waals surface area contributed by atoms with Gasteiger partial charge in [-0.1, -0.05) is 12.1 Å². The van der Waals surface area contributed by atoms with Gasteiger partial charge in [-0.15, -0.1) is 0 Å². The Morgan fingerprint density at radius 2 is 2.16 bits per heavy atom. The van der Waals surface area contributed by atoms with Crippen LogP contribution in [0.5, 0.6) is 0 Å². The van der Waals surface area contributed by atoms with Crippen molar-refractivity contribution in [3.63, 3.8) is 0 Å². The molecule has 0 aliphatic carbocycles. The highest BCUT2D eigenvalue weighted by Crippen LogP contribution is 2.28. The van der Waals surface area contributed by atoms with Crippen LogP contribution >= 0.6 is 0 Å². The first-order valence-corrected chi connectivity index (χ1v) is 6.86. The average Bonchev–Trinajstić information content (AvgIpc) is 2.39. The fourth-order valence-electron chi connectivity index (χ4n) is 2.62. The Balaban J connectivity index is 1.77. The Hall–Kier alpha value is -1.55. The topological polar surface area (TPSA) is 55.6 Å². The summed E-state index contributed by atoms with van der Waals surface area (Å²) in [7, 11) is 0. The Morgan fingerprint density at radius 1 is 1.42 bits per heavy atom. The van der Waals surface area contributed by atoms with Crippen molar-refractivity contribution >= 4 is 11.7 Å². The van der Waals surface area contributed by atoms with Crippen LogP contribution in [0.25, 0.3) is 0 Å². The van der Waals surface area contributed by atoms with Crippen LogP contribution in [0, 0.1) is 0 Å². The van der Waals surface area contributed by atoms with E-state index in [-0.39, 0.29) is 5.97 Å². The van der Waals surface area contributed by atoms with Crippen LogP contribution < -0.4 is 5.73 Å². The van der Waals surface area contributed by atoms with E-state index in [0.29, 0.717) is 12.5 Å². The van der Waals surface area contributed by atoms with Gasteiger partial charge in [0.2, 0.25) is 0 Å². The highest BCUT2D eigenvalue weighted by Gasteiger charge is 2.20. The summed E-state index contributed by atoms with van der Waals surface area (Å²) < 4.78 is 4.97. The molecule has 0 spiro atoms. The summed E-state index contributed by atoms with van der Waals surface area (Å²) in [6.07, 6.45) is 2.28. The molecule has 1 heterocycles. The molecule has 2 rings (SSSR count). The van der Waals surface area contributed by atoms with Crippen LogP contribution in [0.1, 0.15) is 31.2 Å². The van der Waals surface area contributed by atoms with Gasteiger partial charge >= 0.3 is 5.97 Å². The Labute approximate surface area is 114 Å². The number of nitrogens with zero attached hydrogens (tertiary/aromatic N) is 1. The molecule has 0 amide bonds. The predicted molar refractivity (Wildman–Crippen MR) is 75.9 cm³/mol. The van der Waals surface area contributed by atoms with E-state index in [1.54, 1.807) is 0 Å². The summed E-state index contributed by atoms with van der Waals surface area (Å²) in [5.74, 6) is 0.406. The van der Waals surface area contributed by atoms with Crippen LogP contribution in [0.3, 0.4) is 0 Å². The highest BCUT2D eigenvalue weighted by atomic mass is 16.5. The van der Waals surface area contributed by atoms with Gasteiger partial charge in [0, 0.05) is 19.2 Å². The van der Waals surface area contributed by atoms with Gasteiger partial charge in [-0.3, -0.25) is 9.69 Å². The van der Waals surface area contributed by atoms with Gasteiger partial charge in [-0.05, 0) is 49.5 Å². The van der Waals surface area contributed by atoms with Crippen LogP contribution in [0.15, 0.2) is 24.3 Å². The van der Waals surface area contributed by atoms with Crippen molar-refractivity contribution in [1.29, 1.82) is 0 Å². The third-order valence-electron chi connectivity index (χ3n) is 3.68. The first kappa shape index (κ1) is 13.9. The number of hydrogen-bond acceptors (Lipinski definition) is 4. The maximum absolute atomic E-state index is 10.7. The first-order valence-electron chi connectivity index (χ1n) is 6.86. The fraction of sp³-hybridized carbons (Fsp3) is 0.533. The Morgan fingerprint density at radius 3 is 2.79 bits per heavy atom. The number of esters is 1. The number of carbonyl (C=O) groups is 1. The molecule has 2 N–H and O–H groups in total. The molecular weight excluding hydrogens is 240 g/mol. The van der Waals surface area contributed by atoms with Crippen molar-refractivity contribution in [3.8, 4) is 0 Å². The highest BCUT2D eigenvalue weighted by molar-refractivity contribution is 5.65. The lowest BCUT2D eigenvalue weighted by atomic mass is 9.89. The molecule has 0 unspecified atom stereocenters. The Kier molecular flexibility index (Phi) is 4.80. The maximum atomic E-state index is 10.7. The molecule has 1 aromatic rings. The van der Waals surface area contributed by atoms with Gasteiger partial charge in [0.25, 0.3) is 0 Å². The number of rotatable bonds is 4. The van der Waals surface area contributed by atoms with E-state index in [0.717, 1.165) is 38.2 Å². The largest absolute Gasteiger partial charge is 0.465 e. The summed E-state index contributed by atoms with van der Waals surface area (Å²) in [4.78, 5) is 13.1. The van der Waals surface area contributed by atoms with Crippen LogP contribution in [0.4, 0.5) is 5.69 Å². The number of anilines is 1. The lowest BCUT2D eigenvalue weighted by Gasteiger charge is -2.32. The maximum Gasteiger partial charge on any atom is 0.302 e. The molecule has 4 heteroatoms. The predicted octanol–water partition coefficient (Wildman–Crippen LogP) is 2.01. The van der Waals surface area contributed by atoms with Crippen molar-refractivity contribution < 1.29 is 9.53 Å². The monoisotopic (exact) mass is 262 g/mol. The van der Waals surface area contributed by atoms with Gasteiger partial charge in [0.05, 0.1) is 0 Å². The second-order valence-electron chi connectivity index (χ2n) is 5.13. The van der Waals surface area contributed by atoms with E-state index in [1.165, 1.54) is 12.5 Å². The zero-order valence-corrected chi connectivity index (χ0v) is 11.5. The van der Waals surface area contributed by atoms with E-state index < -0.39 is 0 Å². The number of nitrogen functional groups attached to an aromatic ring is 1. The molecule has 19 heavy (non-hydrogen) atoms. The minimum Gasteiger partial charge on any atom is -0.465 e. The molecule has 0 aromatic heterocycles. The summed E-state index contributed by atoms with van der Waals surface area (Å²) in [6.45, 7) is 4.90. The number of carbonyl (C=O) groups excluding carboxylic acids is 1. The summed E-state index contributed by atoms with van der Waals surface area (Å²) in [6, 6.07) is 8.20. The van der Waals surface area contributed by atoms with Crippen molar-refractivity contribution in [2.24, 2.45) is 0 Å². The van der Waals surface area contributed by atoms with Crippen molar-refractivity contribution in [1.82, 2.24) is 4.90 Å². The standard InChI is InChI=1S/C15H22N2O2/c1-12(18)19-10-9-17-7-5-13(6-8-17)14-3-2-4-15(16)11-14/h2-4,11,13H,5-10,16H2,1H3. The lowest BCUT2D eigenvalue weighted by Crippen LogP contribution is -2.35. The minimum atomic E-state index is -0.199. The second-order valence-corrected chi connectivity index (χ2v) is 5.13. The summed E-state index contributed by atoms with van der Waals surface area (Å²) in [5.41, 5.74) is 8.02. The molecule has 104 valence electrons. The molecule has 1 aliphatic heterocycles. The lowest BCUT2D eigenvalue weighted by molar-refractivity contribution is -0.141. The van der Waals surface area contributed by atoms with Crippen molar-refractivity contribution in [3.05, 3.63) is 29.8 Å². The molecular formula is C15H22N2O2. The zero-order valence-electron chi connectivity index (χ0n) is 11.5. The number of piperidine rings is 1. The van der Waals surface area contributed by atoms with Gasteiger partial charge in [-0.25, -0.2) is 0 Å². The van der Waals surface area contributed by atoms with Crippen LogP contribution in [-0.2, 0) is 9.53 Å². The van der Waals surface area contributed by atoms with Gasteiger partial charge in [0.1, 0.15) is 6.61 Å². The number of likely N-dealkylation sites (tertiary alicyclic amines) is 1. The van der Waals surface area contributed by atoms with E-state index in [4.69, 9.17) is 10.5 Å². The molecule has 0 atom stereocenters. The Bertz CT molecular complexity index is 426. The normalized spacial score (nSPS) is 17.3. The molecule has 1 saturated heterocycles. The average molecular weight is 262 g/mol. The third kappa shape index (κ3) is 4.24. The van der Waals surface area contributed by atoms with E-state index in [1.807, 2.05) is 12.1 Å². The van der Waals surface area contributed by atoms with Crippen LogP contribution in [0.2, 0.25) is 0 Å². The van der Waals surface area contributed by atoms with Crippen molar-refractivity contribution in [2.75, 3.05) is 32.0 Å². The summed E-state index contributed by atoms with van der Waals surface area (Å²) in [5, 5.41) is 0. The van der Waals surface area contributed by atoms with E-state index in [2.05, 4.69) is 17.0 Å². The second kappa shape index (κ2) is 6.57. The van der Waals surface area contributed by atoms with Gasteiger partial charge < -0.3 is 10.5 Å². The first-order chi connectivity index (χ1) is 9.15. The van der Waals surface area contributed by atoms with Crippen molar-refractivity contribution in [2.45, 2.75) is 25.7 Å². The number of ether oxygens (including phenoxy) is 1. The SMILES string of the molecule is CC(=O)OCCN1CCC(c2cccc(N)c2)CC1. The van der Waals surface area contributed by atoms with E-state index in [9.17, 15) is 4.79 Å². The number of nitrogens with two attached hydrogens (primary N) is 1. The molecule has 1 fully saturated rings. The molecule has 0 bridgehead atoms. The third-order valence-corrected chi connectivity index (χ3v) is 3.68. The fourth-order valence-corrected chi connectivity index (χ4v) is 2.62. The molecule has 4 nitrogen and oxygen atoms in total. The molecule has 1 aromatic carbocycles. The van der Waals surface area contributed by atoms with E-state index >= 15 is 0 Å². The molecule has 1 aliphatic rings. The number of benzene rings is 1. The molecule has 0 radical (unpaired) electrons. The zero-order chi connectivity index (χ0) is 13.7. The smallest absolute Gasteiger partial charge is 0.302 e.